The van der Waals surface area contributed by atoms with Gasteiger partial charge >= 0.3 is 0 Å². The Labute approximate surface area is 125 Å². The first-order valence-corrected chi connectivity index (χ1v) is 7.20. The first-order valence-electron chi connectivity index (χ1n) is 7.20. The summed E-state index contributed by atoms with van der Waals surface area (Å²) in [5, 5.41) is 0. The number of nitrogens with two attached hydrogens (primary N) is 1. The van der Waals surface area contributed by atoms with Gasteiger partial charge in [0, 0.05) is 45.5 Å². The van der Waals surface area contributed by atoms with Crippen LogP contribution in [0, 0.1) is 0 Å². The van der Waals surface area contributed by atoms with Gasteiger partial charge in [-0.05, 0) is 26.2 Å². The van der Waals surface area contributed by atoms with E-state index in [2.05, 4.69) is 34.3 Å². The molecule has 1 aromatic rings. The number of anilines is 1. The highest BCUT2D eigenvalue weighted by Crippen LogP contribution is 2.14. The Hall–Kier alpha value is -1.70. The van der Waals surface area contributed by atoms with Crippen LogP contribution in [0.5, 0.6) is 0 Å². The number of likely N-dealkylation sites (N-methyl/N-ethyl adjacent to an activating group) is 1. The first-order chi connectivity index (χ1) is 10.1. The number of carbonyl (C=O) groups excluding carboxylic acids is 1. The van der Waals surface area contributed by atoms with Crippen LogP contribution < -0.4 is 11.3 Å². The molecule has 0 radical (unpaired) electrons. The van der Waals surface area contributed by atoms with Crippen LogP contribution in [0.1, 0.15) is 10.4 Å². The van der Waals surface area contributed by atoms with E-state index in [-0.39, 0.29) is 5.91 Å². The van der Waals surface area contributed by atoms with Crippen LogP contribution >= 0.6 is 0 Å². The molecule has 2 heterocycles. The molecule has 0 saturated carbocycles. The highest BCUT2D eigenvalue weighted by atomic mass is 16.2. The maximum absolute atomic E-state index is 12.5. The normalized spacial score (nSPS) is 16.3. The lowest BCUT2D eigenvalue weighted by Gasteiger charge is -2.35. The molecule has 1 aliphatic rings. The average molecular weight is 292 g/mol. The van der Waals surface area contributed by atoms with Crippen LogP contribution in [0.2, 0.25) is 0 Å². The highest BCUT2D eigenvalue weighted by Gasteiger charge is 2.23. The van der Waals surface area contributed by atoms with Gasteiger partial charge in [0.25, 0.3) is 5.91 Å². The molecular weight excluding hydrogens is 268 g/mol. The fourth-order valence-electron chi connectivity index (χ4n) is 2.38. The maximum Gasteiger partial charge on any atom is 0.257 e. The molecular formula is C14H24N6O. The molecule has 116 valence electrons. The standard InChI is InChI=1S/C14H24N6O/c1-18(2)6-7-19-8-10-20(11-9-19)14(21)12-4-3-5-16-13(12)17-15/h3-5H,6-11,15H2,1-2H3,(H,16,17). The Balaban J connectivity index is 1.91. The van der Waals surface area contributed by atoms with Crippen molar-refractivity contribution in [2.24, 2.45) is 5.84 Å². The number of nitrogens with zero attached hydrogens (tertiary/aromatic N) is 4. The van der Waals surface area contributed by atoms with Crippen LogP contribution in [-0.2, 0) is 0 Å². The van der Waals surface area contributed by atoms with Crippen LogP contribution in [0.15, 0.2) is 18.3 Å². The Morgan fingerprint density at radius 2 is 2.10 bits per heavy atom. The second-order valence-electron chi connectivity index (χ2n) is 5.48. The van der Waals surface area contributed by atoms with Gasteiger partial charge in [-0.2, -0.15) is 0 Å². The summed E-state index contributed by atoms with van der Waals surface area (Å²) in [5.74, 6) is 5.83. The number of pyridine rings is 1. The molecule has 1 amide bonds. The number of hydrazine groups is 1. The van der Waals surface area contributed by atoms with Gasteiger partial charge in [-0.3, -0.25) is 9.69 Å². The average Bonchev–Trinajstić information content (AvgIpc) is 2.52. The number of piperazine rings is 1. The lowest BCUT2D eigenvalue weighted by molar-refractivity contribution is 0.0630. The van der Waals surface area contributed by atoms with Crippen molar-refractivity contribution in [2.75, 3.05) is 58.8 Å². The van der Waals surface area contributed by atoms with E-state index in [4.69, 9.17) is 5.84 Å². The second kappa shape index (κ2) is 7.35. The van der Waals surface area contributed by atoms with E-state index in [0.717, 1.165) is 39.3 Å². The highest BCUT2D eigenvalue weighted by molar-refractivity contribution is 5.98. The Morgan fingerprint density at radius 1 is 1.38 bits per heavy atom. The van der Waals surface area contributed by atoms with Gasteiger partial charge in [-0.25, -0.2) is 10.8 Å². The lowest BCUT2D eigenvalue weighted by atomic mass is 10.2. The quantitative estimate of drug-likeness (QED) is 0.572. The van der Waals surface area contributed by atoms with Gasteiger partial charge in [0.2, 0.25) is 0 Å². The number of nitrogen functional groups attached to an aromatic ring is 1. The predicted octanol–water partition coefficient (Wildman–Crippen LogP) is -0.313. The van der Waals surface area contributed by atoms with Gasteiger partial charge in [-0.15, -0.1) is 0 Å². The summed E-state index contributed by atoms with van der Waals surface area (Å²) in [6, 6.07) is 3.50. The van der Waals surface area contributed by atoms with E-state index in [0.29, 0.717) is 11.4 Å². The van der Waals surface area contributed by atoms with Crippen molar-refractivity contribution in [3.8, 4) is 0 Å². The monoisotopic (exact) mass is 292 g/mol. The Bertz CT molecular complexity index is 470. The topological polar surface area (TPSA) is 77.7 Å². The summed E-state index contributed by atoms with van der Waals surface area (Å²) in [7, 11) is 4.15. The van der Waals surface area contributed by atoms with Crippen molar-refractivity contribution in [1.29, 1.82) is 0 Å². The van der Waals surface area contributed by atoms with Crippen molar-refractivity contribution < 1.29 is 4.79 Å². The van der Waals surface area contributed by atoms with E-state index in [1.54, 1.807) is 18.3 Å². The van der Waals surface area contributed by atoms with Gasteiger partial charge in [0.1, 0.15) is 0 Å². The molecule has 21 heavy (non-hydrogen) atoms. The van der Waals surface area contributed by atoms with Crippen molar-refractivity contribution in [1.82, 2.24) is 19.7 Å². The SMILES string of the molecule is CN(C)CCN1CCN(C(=O)c2cccnc2NN)CC1. The van der Waals surface area contributed by atoms with Crippen LogP contribution in [0.4, 0.5) is 5.82 Å². The van der Waals surface area contributed by atoms with E-state index < -0.39 is 0 Å². The van der Waals surface area contributed by atoms with Crippen molar-refractivity contribution in [2.45, 2.75) is 0 Å². The van der Waals surface area contributed by atoms with Crippen molar-refractivity contribution in [3.63, 3.8) is 0 Å². The third kappa shape index (κ3) is 4.13. The molecule has 1 aromatic heterocycles. The summed E-state index contributed by atoms with van der Waals surface area (Å²) in [6.07, 6.45) is 1.62. The van der Waals surface area contributed by atoms with E-state index in [9.17, 15) is 4.79 Å². The molecule has 0 bridgehead atoms. The molecule has 1 fully saturated rings. The lowest BCUT2D eigenvalue weighted by Crippen LogP contribution is -2.50. The van der Waals surface area contributed by atoms with Gasteiger partial charge in [-0.1, -0.05) is 0 Å². The molecule has 7 nitrogen and oxygen atoms in total. The zero-order chi connectivity index (χ0) is 15.2. The van der Waals surface area contributed by atoms with E-state index in [1.807, 2.05) is 4.90 Å². The van der Waals surface area contributed by atoms with E-state index >= 15 is 0 Å². The van der Waals surface area contributed by atoms with Crippen LogP contribution in [0.3, 0.4) is 0 Å². The predicted molar refractivity (Wildman–Crippen MR) is 82.9 cm³/mol. The molecule has 0 spiro atoms. The molecule has 3 N–H and O–H groups in total. The van der Waals surface area contributed by atoms with E-state index in [1.165, 1.54) is 0 Å². The van der Waals surface area contributed by atoms with Crippen molar-refractivity contribution >= 4 is 11.7 Å². The zero-order valence-electron chi connectivity index (χ0n) is 12.7. The summed E-state index contributed by atoms with van der Waals surface area (Å²) in [5.41, 5.74) is 3.01. The number of aromatic nitrogens is 1. The number of hydrogen-bond donors (Lipinski definition) is 2. The van der Waals surface area contributed by atoms with Gasteiger partial charge in [0.05, 0.1) is 5.56 Å². The van der Waals surface area contributed by atoms with Crippen LogP contribution in [0.25, 0.3) is 0 Å². The third-order valence-electron chi connectivity index (χ3n) is 3.70. The summed E-state index contributed by atoms with van der Waals surface area (Å²) in [6.45, 7) is 5.38. The fraction of sp³-hybridized carbons (Fsp3) is 0.571. The second-order valence-corrected chi connectivity index (χ2v) is 5.48. The smallest absolute Gasteiger partial charge is 0.257 e. The Morgan fingerprint density at radius 3 is 2.71 bits per heavy atom. The number of rotatable bonds is 5. The minimum absolute atomic E-state index is 0.0108. The van der Waals surface area contributed by atoms with Crippen LogP contribution in [-0.4, -0.2) is 79.0 Å². The molecule has 1 saturated heterocycles. The number of hydrogen-bond acceptors (Lipinski definition) is 6. The molecule has 7 heteroatoms. The largest absolute Gasteiger partial charge is 0.336 e. The van der Waals surface area contributed by atoms with Gasteiger partial charge < -0.3 is 15.2 Å². The molecule has 0 aliphatic carbocycles. The maximum atomic E-state index is 12.5. The molecule has 0 aromatic carbocycles. The summed E-state index contributed by atoms with van der Waals surface area (Å²) in [4.78, 5) is 23.0. The Kier molecular flexibility index (Phi) is 5.49. The molecule has 2 rings (SSSR count). The summed E-state index contributed by atoms with van der Waals surface area (Å²) >= 11 is 0. The minimum Gasteiger partial charge on any atom is -0.336 e. The van der Waals surface area contributed by atoms with Gasteiger partial charge in [0.15, 0.2) is 5.82 Å². The number of nitrogens with one attached hydrogen (secondary N) is 1. The van der Waals surface area contributed by atoms with Crippen molar-refractivity contribution in [3.05, 3.63) is 23.9 Å². The minimum atomic E-state index is -0.0108. The fourth-order valence-corrected chi connectivity index (χ4v) is 2.38. The summed E-state index contributed by atoms with van der Waals surface area (Å²) < 4.78 is 0. The first kappa shape index (κ1) is 15.7. The molecule has 0 atom stereocenters. The number of amides is 1. The number of carbonyl (C=O) groups is 1. The third-order valence-corrected chi connectivity index (χ3v) is 3.70. The zero-order valence-corrected chi connectivity index (χ0v) is 12.7. The molecule has 0 unspecified atom stereocenters. The molecule has 1 aliphatic heterocycles.